The summed E-state index contributed by atoms with van der Waals surface area (Å²) < 4.78 is 39.8. The van der Waals surface area contributed by atoms with Crippen LogP contribution in [0.5, 0.6) is 11.6 Å². The number of rotatable bonds is 11. The Balaban J connectivity index is 1.30. The van der Waals surface area contributed by atoms with Crippen molar-refractivity contribution in [3.05, 3.63) is 113 Å². The fourth-order valence-corrected chi connectivity index (χ4v) is 5.65. The Bertz CT molecular complexity index is 1620. The molecule has 0 saturated heterocycles. The van der Waals surface area contributed by atoms with E-state index < -0.39 is 47.8 Å². The molecule has 10 heteroatoms. The van der Waals surface area contributed by atoms with Gasteiger partial charge in [-0.1, -0.05) is 42.5 Å². The number of methoxy groups -OCH3 is 1. The number of aliphatic hydroxyl groups excluding tert-OH is 2. The zero-order chi connectivity index (χ0) is 32.1. The van der Waals surface area contributed by atoms with Crippen molar-refractivity contribution in [2.24, 2.45) is 11.7 Å². The van der Waals surface area contributed by atoms with Crippen molar-refractivity contribution in [3.63, 3.8) is 0 Å². The van der Waals surface area contributed by atoms with Crippen molar-refractivity contribution < 1.29 is 33.3 Å². The van der Waals surface area contributed by atoms with Crippen molar-refractivity contribution in [2.75, 3.05) is 13.7 Å². The summed E-state index contributed by atoms with van der Waals surface area (Å²) in [6, 6.07) is 18.8. The Morgan fingerprint density at radius 2 is 1.80 bits per heavy atom. The number of benzene rings is 3. The molecule has 5 rings (SSSR count). The lowest BCUT2D eigenvalue weighted by atomic mass is 9.88. The Kier molecular flexibility index (Phi) is 10.1. The average Bonchev–Trinajstić information content (AvgIpc) is 3.03. The van der Waals surface area contributed by atoms with Crippen LogP contribution in [0.25, 0.3) is 11.1 Å². The van der Waals surface area contributed by atoms with Gasteiger partial charge in [0.25, 0.3) is 0 Å². The molecule has 0 aliphatic carbocycles. The number of halogens is 2. The highest BCUT2D eigenvalue weighted by Crippen LogP contribution is 2.36. The molecule has 2 heterocycles. The summed E-state index contributed by atoms with van der Waals surface area (Å²) in [5.74, 6) is -2.00. The number of nitrogens with one attached hydrogen (secondary N) is 1. The fraction of sp³-hybridized carbons (Fsp3) is 0.314. The summed E-state index contributed by atoms with van der Waals surface area (Å²) in [6.45, 7) is 1.49. The summed E-state index contributed by atoms with van der Waals surface area (Å²) in [5, 5.41) is 24.7. The van der Waals surface area contributed by atoms with E-state index in [9.17, 15) is 23.8 Å². The standard InChI is InChI=1S/C35H37F2N3O5/c1-20-13-26-33(31(42)19-45-34(26)28(37)14-20)40-35(43)25(16-23-5-3-4-6-27(23)36)17-30(41)29(38)15-21-7-9-22(10-8-21)24-11-12-32(44-2)39-18-24/h3-14,18,25,29-31,33,41-42H,15-17,19,38H2,1-2H3,(H,40,43)/t25-,29+,30+,31-,33+/m1/s1. The monoisotopic (exact) mass is 617 g/mol. The zero-order valence-corrected chi connectivity index (χ0v) is 25.1. The van der Waals surface area contributed by atoms with Gasteiger partial charge < -0.3 is 30.7 Å². The summed E-state index contributed by atoms with van der Waals surface area (Å²) >= 11 is 0. The zero-order valence-electron chi connectivity index (χ0n) is 25.1. The molecule has 1 aromatic heterocycles. The maximum atomic E-state index is 14.7. The molecule has 0 fully saturated rings. The van der Waals surface area contributed by atoms with Crippen LogP contribution in [0.3, 0.4) is 0 Å². The number of aliphatic hydroxyl groups is 2. The van der Waals surface area contributed by atoms with E-state index in [1.54, 1.807) is 50.6 Å². The Labute approximate surface area is 260 Å². The molecule has 45 heavy (non-hydrogen) atoms. The van der Waals surface area contributed by atoms with Gasteiger partial charge in [-0.3, -0.25) is 4.79 Å². The van der Waals surface area contributed by atoms with Gasteiger partial charge in [0.05, 0.1) is 19.3 Å². The van der Waals surface area contributed by atoms with E-state index in [0.29, 0.717) is 29.0 Å². The van der Waals surface area contributed by atoms with Crippen LogP contribution < -0.4 is 20.5 Å². The lowest BCUT2D eigenvalue weighted by Gasteiger charge is -2.33. The molecule has 5 N–H and O–H groups in total. The first kappa shape index (κ1) is 32.0. The van der Waals surface area contributed by atoms with Crippen LogP contribution >= 0.6 is 0 Å². The van der Waals surface area contributed by atoms with E-state index in [2.05, 4.69) is 10.3 Å². The number of pyridine rings is 1. The minimum absolute atomic E-state index is 0.0127. The van der Waals surface area contributed by atoms with Crippen LogP contribution in [0.1, 0.15) is 34.7 Å². The van der Waals surface area contributed by atoms with E-state index in [-0.39, 0.29) is 25.2 Å². The van der Waals surface area contributed by atoms with Gasteiger partial charge in [-0.25, -0.2) is 13.8 Å². The molecule has 0 unspecified atom stereocenters. The third-order valence-corrected chi connectivity index (χ3v) is 8.15. The number of ether oxygens (including phenoxy) is 2. The van der Waals surface area contributed by atoms with Crippen molar-refractivity contribution in [1.82, 2.24) is 10.3 Å². The van der Waals surface area contributed by atoms with Gasteiger partial charge in [0, 0.05) is 35.3 Å². The Morgan fingerprint density at radius 1 is 1.07 bits per heavy atom. The van der Waals surface area contributed by atoms with Crippen LogP contribution in [-0.4, -0.2) is 53.1 Å². The summed E-state index contributed by atoms with van der Waals surface area (Å²) in [6.07, 6.45) is -0.266. The topological polar surface area (TPSA) is 127 Å². The van der Waals surface area contributed by atoms with Crippen molar-refractivity contribution in [1.29, 1.82) is 0 Å². The second kappa shape index (κ2) is 14.2. The number of amides is 1. The number of carbonyl (C=O) groups is 1. The van der Waals surface area contributed by atoms with Gasteiger partial charge in [-0.2, -0.15) is 0 Å². The lowest BCUT2D eigenvalue weighted by Crippen LogP contribution is -2.46. The minimum atomic E-state index is -1.14. The number of aryl methyl sites for hydroxylation is 1. The summed E-state index contributed by atoms with van der Waals surface area (Å²) in [7, 11) is 1.56. The second-order valence-electron chi connectivity index (χ2n) is 11.5. The summed E-state index contributed by atoms with van der Waals surface area (Å²) in [5.41, 5.74) is 10.4. The van der Waals surface area contributed by atoms with Crippen LogP contribution in [-0.2, 0) is 17.6 Å². The van der Waals surface area contributed by atoms with Gasteiger partial charge in [-0.15, -0.1) is 0 Å². The smallest absolute Gasteiger partial charge is 0.224 e. The Morgan fingerprint density at radius 3 is 2.49 bits per heavy atom. The molecule has 1 aliphatic rings. The number of nitrogens with zero attached hydrogens (tertiary/aromatic N) is 1. The van der Waals surface area contributed by atoms with Crippen molar-refractivity contribution in [2.45, 2.75) is 50.5 Å². The highest BCUT2D eigenvalue weighted by atomic mass is 19.1. The molecule has 3 aromatic carbocycles. The van der Waals surface area contributed by atoms with Crippen LogP contribution in [0.15, 0.2) is 79.0 Å². The highest BCUT2D eigenvalue weighted by molar-refractivity contribution is 5.80. The number of hydrogen-bond donors (Lipinski definition) is 4. The number of nitrogens with two attached hydrogens (primary N) is 1. The van der Waals surface area contributed by atoms with Crippen molar-refractivity contribution >= 4 is 5.91 Å². The van der Waals surface area contributed by atoms with Gasteiger partial charge in [0.2, 0.25) is 11.8 Å². The normalized spacial score (nSPS) is 17.8. The molecule has 0 bridgehead atoms. The first-order valence-corrected chi connectivity index (χ1v) is 14.8. The van der Waals surface area contributed by atoms with Crippen LogP contribution in [0, 0.1) is 24.5 Å². The van der Waals surface area contributed by atoms with Gasteiger partial charge >= 0.3 is 0 Å². The molecule has 236 valence electrons. The SMILES string of the molecule is COc1ccc(-c2ccc(C[C@H](N)[C@@H](O)C[C@@H](Cc3ccccc3F)C(=O)N[C@H]3c4cc(C)cc(F)c4OC[C@H]3O)cc2)cn1. The number of carbonyl (C=O) groups excluding carboxylic acids is 1. The van der Waals surface area contributed by atoms with Gasteiger partial charge in [-0.05, 0) is 72.7 Å². The third-order valence-electron chi connectivity index (χ3n) is 8.15. The maximum Gasteiger partial charge on any atom is 0.224 e. The van der Waals surface area contributed by atoms with E-state index >= 15 is 0 Å². The molecule has 1 aliphatic heterocycles. The van der Waals surface area contributed by atoms with E-state index in [1.165, 1.54) is 12.1 Å². The molecule has 4 aromatic rings. The van der Waals surface area contributed by atoms with Crippen molar-refractivity contribution in [3.8, 4) is 22.8 Å². The fourth-order valence-electron chi connectivity index (χ4n) is 5.65. The molecular weight excluding hydrogens is 580 g/mol. The number of fused-ring (bicyclic) bond motifs is 1. The first-order valence-electron chi connectivity index (χ1n) is 14.8. The molecule has 0 radical (unpaired) electrons. The number of hydrogen-bond acceptors (Lipinski definition) is 7. The molecule has 8 nitrogen and oxygen atoms in total. The largest absolute Gasteiger partial charge is 0.487 e. The quantitative estimate of drug-likeness (QED) is 0.196. The Hall–Kier alpha value is -4.38. The van der Waals surface area contributed by atoms with Gasteiger partial charge in [0.15, 0.2) is 11.6 Å². The lowest BCUT2D eigenvalue weighted by molar-refractivity contribution is -0.128. The molecule has 0 spiro atoms. The summed E-state index contributed by atoms with van der Waals surface area (Å²) in [4.78, 5) is 18.0. The van der Waals surface area contributed by atoms with E-state index in [0.717, 1.165) is 16.7 Å². The highest BCUT2D eigenvalue weighted by Gasteiger charge is 2.35. The van der Waals surface area contributed by atoms with Crippen LogP contribution in [0.4, 0.5) is 8.78 Å². The maximum absolute atomic E-state index is 14.7. The molecule has 5 atom stereocenters. The average molecular weight is 618 g/mol. The first-order chi connectivity index (χ1) is 21.6. The second-order valence-corrected chi connectivity index (χ2v) is 11.5. The predicted octanol–water partition coefficient (Wildman–Crippen LogP) is 4.43. The minimum Gasteiger partial charge on any atom is -0.487 e. The van der Waals surface area contributed by atoms with E-state index in [4.69, 9.17) is 15.2 Å². The number of aromatic nitrogens is 1. The third kappa shape index (κ3) is 7.65. The molecule has 0 saturated carbocycles. The van der Waals surface area contributed by atoms with E-state index in [1.807, 2.05) is 30.3 Å². The van der Waals surface area contributed by atoms with Crippen LogP contribution in [0.2, 0.25) is 0 Å². The predicted molar refractivity (Wildman–Crippen MR) is 166 cm³/mol. The molecule has 1 amide bonds. The molecular formula is C35H37F2N3O5. The van der Waals surface area contributed by atoms with Gasteiger partial charge in [0.1, 0.15) is 18.5 Å².